The van der Waals surface area contributed by atoms with E-state index < -0.39 is 0 Å². The second-order valence-electron chi connectivity index (χ2n) is 7.91. The minimum atomic E-state index is -0.193. The van der Waals surface area contributed by atoms with Crippen LogP contribution in [0.25, 0.3) is 11.3 Å². The van der Waals surface area contributed by atoms with E-state index in [0.29, 0.717) is 42.6 Å². The van der Waals surface area contributed by atoms with Crippen LogP contribution in [0.4, 0.5) is 5.82 Å². The summed E-state index contributed by atoms with van der Waals surface area (Å²) in [5, 5.41) is 12.3. The van der Waals surface area contributed by atoms with Crippen LogP contribution in [0.1, 0.15) is 42.6 Å². The number of aromatic nitrogens is 2. The molecule has 1 aromatic heterocycles. The van der Waals surface area contributed by atoms with Crippen molar-refractivity contribution in [3.05, 3.63) is 35.4 Å². The molecule has 0 radical (unpaired) electrons. The molecule has 2 aromatic rings. The first-order chi connectivity index (χ1) is 16.0. The van der Waals surface area contributed by atoms with Crippen molar-refractivity contribution in [2.45, 2.75) is 39.7 Å². The van der Waals surface area contributed by atoms with Crippen LogP contribution >= 0.6 is 0 Å². The Morgan fingerprint density at radius 3 is 2.82 bits per heavy atom. The van der Waals surface area contributed by atoms with Gasteiger partial charge in [0.25, 0.3) is 0 Å². The number of hydrogen-bond donors (Lipinski definition) is 1. The van der Waals surface area contributed by atoms with E-state index in [-0.39, 0.29) is 18.8 Å². The lowest BCUT2D eigenvalue weighted by Crippen LogP contribution is -2.44. The summed E-state index contributed by atoms with van der Waals surface area (Å²) in [5.74, 6) is 1.01. The number of carbonyl (C=O) groups excluding carboxylic acids is 2. The zero-order valence-electron chi connectivity index (χ0n) is 19.5. The molecule has 178 valence electrons. The SMILES string of the molecule is CCOCOc1cc(C=O)ccc1-c1nnc(N[C@@H]2CCCN(CC(=O)OCC)C2)cc1C. The molecule has 1 saturated heterocycles. The third-order valence-corrected chi connectivity index (χ3v) is 5.40. The Kier molecular flexibility index (Phi) is 9.14. The van der Waals surface area contributed by atoms with Crippen molar-refractivity contribution in [3.8, 4) is 17.0 Å². The van der Waals surface area contributed by atoms with Gasteiger partial charge in [0.1, 0.15) is 17.9 Å². The highest BCUT2D eigenvalue weighted by molar-refractivity contribution is 5.80. The highest BCUT2D eigenvalue weighted by Gasteiger charge is 2.23. The Hall–Kier alpha value is -3.04. The number of piperidine rings is 1. The largest absolute Gasteiger partial charge is 0.467 e. The molecule has 3 rings (SSSR count). The lowest BCUT2D eigenvalue weighted by atomic mass is 10.0. The predicted molar refractivity (Wildman–Crippen MR) is 124 cm³/mol. The van der Waals surface area contributed by atoms with Crippen LogP contribution in [0.3, 0.4) is 0 Å². The molecule has 2 heterocycles. The first-order valence-electron chi connectivity index (χ1n) is 11.3. The Morgan fingerprint density at radius 1 is 1.24 bits per heavy atom. The van der Waals surface area contributed by atoms with Gasteiger partial charge < -0.3 is 19.5 Å². The lowest BCUT2D eigenvalue weighted by Gasteiger charge is -2.32. The quantitative estimate of drug-likeness (QED) is 0.236. The van der Waals surface area contributed by atoms with Gasteiger partial charge in [0, 0.05) is 30.3 Å². The van der Waals surface area contributed by atoms with Crippen LogP contribution in [0.5, 0.6) is 5.75 Å². The average Bonchev–Trinajstić information content (AvgIpc) is 2.80. The number of aryl methyl sites for hydroxylation is 1. The number of carbonyl (C=O) groups is 2. The number of likely N-dealkylation sites (tertiary alicyclic amines) is 1. The summed E-state index contributed by atoms with van der Waals surface area (Å²) >= 11 is 0. The highest BCUT2D eigenvalue weighted by Crippen LogP contribution is 2.32. The standard InChI is InChI=1S/C24H32N4O5/c1-4-31-16-33-21-12-18(15-29)8-9-20(21)24-17(3)11-22(26-27-24)25-19-7-6-10-28(13-19)14-23(30)32-5-2/h8-9,11-12,15,19H,4-7,10,13-14,16H2,1-3H3,(H,25,26)/t19-/m1/s1. The van der Waals surface area contributed by atoms with Crippen molar-refractivity contribution in [3.63, 3.8) is 0 Å². The van der Waals surface area contributed by atoms with E-state index in [9.17, 15) is 9.59 Å². The van der Waals surface area contributed by atoms with Crippen molar-refractivity contribution in [2.24, 2.45) is 0 Å². The molecule has 1 N–H and O–H groups in total. The van der Waals surface area contributed by atoms with Crippen molar-refractivity contribution in [1.29, 1.82) is 0 Å². The van der Waals surface area contributed by atoms with Gasteiger partial charge in [-0.25, -0.2) is 0 Å². The zero-order chi connectivity index (χ0) is 23.6. The molecule has 0 spiro atoms. The van der Waals surface area contributed by atoms with Crippen LogP contribution in [0.15, 0.2) is 24.3 Å². The van der Waals surface area contributed by atoms with Crippen LogP contribution in [0.2, 0.25) is 0 Å². The minimum absolute atomic E-state index is 0.0852. The van der Waals surface area contributed by atoms with Crippen molar-refractivity contribution < 1.29 is 23.8 Å². The zero-order valence-corrected chi connectivity index (χ0v) is 19.5. The number of aldehydes is 1. The van der Waals surface area contributed by atoms with Gasteiger partial charge in [0.2, 0.25) is 0 Å². The van der Waals surface area contributed by atoms with Crippen LogP contribution in [-0.4, -0.2) is 73.0 Å². The van der Waals surface area contributed by atoms with Crippen molar-refractivity contribution >= 4 is 18.1 Å². The monoisotopic (exact) mass is 456 g/mol. The summed E-state index contributed by atoms with van der Waals surface area (Å²) in [5.41, 5.74) is 2.86. The number of benzene rings is 1. The van der Waals surface area contributed by atoms with Gasteiger partial charge in [-0.1, -0.05) is 6.07 Å². The Labute approximate surface area is 194 Å². The topological polar surface area (TPSA) is 103 Å². The molecule has 9 nitrogen and oxygen atoms in total. The van der Waals surface area contributed by atoms with Gasteiger partial charge in [-0.05, 0) is 63.9 Å². The summed E-state index contributed by atoms with van der Waals surface area (Å²) < 4.78 is 16.1. The number of nitrogens with zero attached hydrogens (tertiary/aromatic N) is 3. The Balaban J connectivity index is 1.71. The first-order valence-corrected chi connectivity index (χ1v) is 11.3. The van der Waals surface area contributed by atoms with Crippen LogP contribution < -0.4 is 10.1 Å². The summed E-state index contributed by atoms with van der Waals surface area (Å²) in [4.78, 5) is 25.1. The van der Waals surface area contributed by atoms with Gasteiger partial charge in [-0.3, -0.25) is 14.5 Å². The molecule has 9 heteroatoms. The highest BCUT2D eigenvalue weighted by atomic mass is 16.7. The van der Waals surface area contributed by atoms with Gasteiger partial charge in [0.15, 0.2) is 6.79 Å². The summed E-state index contributed by atoms with van der Waals surface area (Å²) in [6.45, 7) is 8.59. The fourth-order valence-corrected chi connectivity index (χ4v) is 3.85. The van der Waals surface area contributed by atoms with Crippen LogP contribution in [-0.2, 0) is 14.3 Å². The molecule has 0 saturated carbocycles. The molecule has 0 unspecified atom stereocenters. The van der Waals surface area contributed by atoms with E-state index in [0.717, 1.165) is 43.3 Å². The molecule has 1 aliphatic heterocycles. The lowest BCUT2D eigenvalue weighted by molar-refractivity contribution is -0.144. The molecule has 0 bridgehead atoms. The number of anilines is 1. The number of nitrogens with one attached hydrogen (secondary N) is 1. The second kappa shape index (κ2) is 12.3. The summed E-state index contributed by atoms with van der Waals surface area (Å²) in [7, 11) is 0. The smallest absolute Gasteiger partial charge is 0.320 e. The van der Waals surface area contributed by atoms with Gasteiger partial charge >= 0.3 is 5.97 Å². The van der Waals surface area contributed by atoms with E-state index in [1.807, 2.05) is 32.9 Å². The molecule has 1 atom stereocenters. The number of hydrogen-bond acceptors (Lipinski definition) is 9. The van der Waals surface area contributed by atoms with Gasteiger partial charge in [0.05, 0.1) is 18.8 Å². The molecular formula is C24H32N4O5. The molecule has 0 amide bonds. The summed E-state index contributed by atoms with van der Waals surface area (Å²) in [6.07, 6.45) is 2.76. The fraction of sp³-hybridized carbons (Fsp3) is 0.500. The van der Waals surface area contributed by atoms with Crippen LogP contribution in [0, 0.1) is 6.92 Å². The summed E-state index contributed by atoms with van der Waals surface area (Å²) in [6, 6.07) is 7.33. The van der Waals surface area contributed by atoms with Crippen molar-refractivity contribution in [2.75, 3.05) is 45.0 Å². The molecule has 1 fully saturated rings. The predicted octanol–water partition coefficient (Wildman–Crippen LogP) is 3.08. The van der Waals surface area contributed by atoms with Crippen molar-refractivity contribution in [1.82, 2.24) is 15.1 Å². The Bertz CT molecular complexity index is 952. The normalized spacial score (nSPS) is 16.3. The second-order valence-corrected chi connectivity index (χ2v) is 7.91. The van der Waals surface area contributed by atoms with E-state index >= 15 is 0 Å². The van der Waals surface area contributed by atoms with E-state index in [4.69, 9.17) is 14.2 Å². The van der Waals surface area contributed by atoms with Gasteiger partial charge in [-0.2, -0.15) is 0 Å². The molecule has 1 aliphatic rings. The molecular weight excluding hydrogens is 424 g/mol. The first kappa shape index (κ1) is 24.6. The minimum Gasteiger partial charge on any atom is -0.467 e. The number of esters is 1. The molecule has 1 aromatic carbocycles. The fourth-order valence-electron chi connectivity index (χ4n) is 3.85. The van der Waals surface area contributed by atoms with E-state index in [2.05, 4.69) is 20.4 Å². The van der Waals surface area contributed by atoms with E-state index in [1.54, 1.807) is 12.1 Å². The van der Waals surface area contributed by atoms with E-state index in [1.165, 1.54) is 0 Å². The third kappa shape index (κ3) is 6.97. The number of rotatable bonds is 11. The molecule has 33 heavy (non-hydrogen) atoms. The maximum atomic E-state index is 11.8. The number of ether oxygens (including phenoxy) is 3. The maximum absolute atomic E-state index is 11.8. The maximum Gasteiger partial charge on any atom is 0.320 e. The average molecular weight is 457 g/mol. The van der Waals surface area contributed by atoms with Gasteiger partial charge in [-0.15, -0.1) is 10.2 Å². The third-order valence-electron chi connectivity index (χ3n) is 5.40. The Morgan fingerprint density at radius 2 is 2.09 bits per heavy atom. The molecule has 0 aliphatic carbocycles.